The maximum absolute atomic E-state index is 13.4. The van der Waals surface area contributed by atoms with Crippen LogP contribution in [0.25, 0.3) is 28.2 Å². The molecule has 7 nitrogen and oxygen atoms in total. The molecule has 5 rings (SSSR count). The Morgan fingerprint density at radius 1 is 0.968 bits per heavy atom. The maximum atomic E-state index is 13.4. The van der Waals surface area contributed by atoms with Crippen LogP contribution in [0.15, 0.2) is 77.6 Å². The second-order valence-corrected chi connectivity index (χ2v) is 7.02. The molecule has 150 valence electrons. The fraction of sp³-hybridized carbons (Fsp3) is 0. The van der Waals surface area contributed by atoms with E-state index in [-0.39, 0.29) is 22.9 Å². The van der Waals surface area contributed by atoms with Crippen LogP contribution in [-0.2, 0) is 4.79 Å². The van der Waals surface area contributed by atoms with Crippen LogP contribution in [0, 0.1) is 0 Å². The summed E-state index contributed by atoms with van der Waals surface area (Å²) in [6.45, 7) is 0. The standard InChI is InChI=1S/C24H15N3O4/c28-22-18(16-8-1-3-10-19(16)26-22)13-21-25-20-11-4-2-9-17(20)23(29)27(21)15-7-5-6-14(12-15)24(30)31/h1-13H,(H,26,28)(H,30,31)/p-1/b18-13-. The first-order valence-electron chi connectivity index (χ1n) is 9.49. The number of benzene rings is 3. The number of carboxylic acids is 1. The molecule has 1 amide bonds. The number of rotatable bonds is 3. The monoisotopic (exact) mass is 408 g/mol. The second kappa shape index (κ2) is 7.07. The smallest absolute Gasteiger partial charge is 0.266 e. The van der Waals surface area contributed by atoms with E-state index in [1.54, 1.807) is 48.5 Å². The molecule has 31 heavy (non-hydrogen) atoms. The van der Waals surface area contributed by atoms with Crippen molar-refractivity contribution in [2.24, 2.45) is 0 Å². The van der Waals surface area contributed by atoms with Crippen molar-refractivity contribution in [3.8, 4) is 5.69 Å². The zero-order chi connectivity index (χ0) is 21.5. The molecule has 1 aliphatic heterocycles. The Morgan fingerprint density at radius 2 is 1.74 bits per heavy atom. The lowest BCUT2D eigenvalue weighted by Gasteiger charge is -2.13. The van der Waals surface area contributed by atoms with Crippen molar-refractivity contribution in [2.45, 2.75) is 0 Å². The summed E-state index contributed by atoms with van der Waals surface area (Å²) in [5.41, 5.74) is 2.07. The van der Waals surface area contributed by atoms with Gasteiger partial charge >= 0.3 is 0 Å². The third-order valence-electron chi connectivity index (χ3n) is 5.13. The van der Waals surface area contributed by atoms with Crippen LogP contribution in [0.2, 0.25) is 0 Å². The SMILES string of the molecule is O=C1Nc2ccccc2/C1=C/c1nc2ccccc2c(=O)n1-c1cccc(C(=O)[O-])c1. The highest BCUT2D eigenvalue weighted by Crippen LogP contribution is 2.32. The van der Waals surface area contributed by atoms with Crippen LogP contribution >= 0.6 is 0 Å². The number of aromatic nitrogens is 2. The number of hydrogen-bond acceptors (Lipinski definition) is 5. The van der Waals surface area contributed by atoms with E-state index in [9.17, 15) is 19.5 Å². The first-order valence-corrected chi connectivity index (χ1v) is 9.49. The number of aromatic carboxylic acids is 1. The number of amides is 1. The van der Waals surface area contributed by atoms with Crippen LogP contribution in [0.3, 0.4) is 0 Å². The van der Waals surface area contributed by atoms with Gasteiger partial charge in [0, 0.05) is 11.3 Å². The average Bonchev–Trinajstić information content (AvgIpc) is 3.09. The third kappa shape index (κ3) is 3.08. The lowest BCUT2D eigenvalue weighted by atomic mass is 10.1. The Kier molecular flexibility index (Phi) is 4.22. The third-order valence-corrected chi connectivity index (χ3v) is 5.13. The van der Waals surface area contributed by atoms with E-state index in [1.807, 2.05) is 12.1 Å². The minimum Gasteiger partial charge on any atom is -0.545 e. The molecular weight excluding hydrogens is 394 g/mol. The number of para-hydroxylation sites is 2. The van der Waals surface area contributed by atoms with Crippen molar-refractivity contribution in [1.82, 2.24) is 9.55 Å². The van der Waals surface area contributed by atoms with Crippen molar-refractivity contribution >= 4 is 40.1 Å². The number of carboxylic acid groups (broad SMARTS) is 1. The van der Waals surface area contributed by atoms with Crippen LogP contribution < -0.4 is 16.0 Å². The Morgan fingerprint density at radius 3 is 2.58 bits per heavy atom. The van der Waals surface area contributed by atoms with Crippen LogP contribution in [-0.4, -0.2) is 21.4 Å². The molecule has 1 N–H and O–H groups in total. The van der Waals surface area contributed by atoms with Gasteiger partial charge in [-0.15, -0.1) is 0 Å². The molecule has 0 aliphatic carbocycles. The Hall–Kier alpha value is -4.52. The zero-order valence-electron chi connectivity index (χ0n) is 16.0. The Labute approximate surface area is 175 Å². The van der Waals surface area contributed by atoms with Crippen molar-refractivity contribution in [2.75, 3.05) is 5.32 Å². The molecule has 0 fully saturated rings. The van der Waals surface area contributed by atoms with Gasteiger partial charge in [-0.3, -0.25) is 14.2 Å². The first-order chi connectivity index (χ1) is 15.0. The summed E-state index contributed by atoms with van der Waals surface area (Å²) in [4.78, 5) is 41.9. The minimum absolute atomic E-state index is 0.0693. The maximum Gasteiger partial charge on any atom is 0.266 e. The fourth-order valence-electron chi connectivity index (χ4n) is 3.68. The van der Waals surface area contributed by atoms with E-state index >= 15 is 0 Å². The molecule has 0 saturated heterocycles. The lowest BCUT2D eigenvalue weighted by molar-refractivity contribution is -0.255. The van der Waals surface area contributed by atoms with Gasteiger partial charge in [-0.1, -0.05) is 42.5 Å². The van der Waals surface area contributed by atoms with Gasteiger partial charge in [0.15, 0.2) is 0 Å². The molecule has 1 aliphatic rings. The summed E-state index contributed by atoms with van der Waals surface area (Å²) in [6.07, 6.45) is 1.54. The highest BCUT2D eigenvalue weighted by Gasteiger charge is 2.24. The van der Waals surface area contributed by atoms with Gasteiger partial charge in [-0.05, 0) is 42.0 Å². The number of nitrogens with zero attached hydrogens (tertiary/aromatic N) is 2. The van der Waals surface area contributed by atoms with Gasteiger partial charge in [0.05, 0.1) is 28.1 Å². The molecule has 0 atom stereocenters. The number of fused-ring (bicyclic) bond motifs is 2. The minimum atomic E-state index is -1.35. The molecule has 7 heteroatoms. The van der Waals surface area contributed by atoms with Gasteiger partial charge in [0.25, 0.3) is 11.5 Å². The number of carbonyl (C=O) groups excluding carboxylic acids is 2. The summed E-state index contributed by atoms with van der Waals surface area (Å²) < 4.78 is 1.30. The molecule has 0 unspecified atom stereocenters. The summed E-state index contributed by atoms with van der Waals surface area (Å²) in [5, 5.41) is 14.5. The number of hydrogen-bond donors (Lipinski definition) is 1. The predicted molar refractivity (Wildman–Crippen MR) is 115 cm³/mol. The van der Waals surface area contributed by atoms with Crippen LogP contribution in [0.4, 0.5) is 5.69 Å². The van der Waals surface area contributed by atoms with Gasteiger partial charge < -0.3 is 15.2 Å². The zero-order valence-corrected chi connectivity index (χ0v) is 16.0. The van der Waals surface area contributed by atoms with Gasteiger partial charge in [-0.2, -0.15) is 0 Å². The largest absolute Gasteiger partial charge is 0.545 e. The predicted octanol–water partition coefficient (Wildman–Crippen LogP) is 2.24. The lowest BCUT2D eigenvalue weighted by Crippen LogP contribution is -2.25. The first kappa shape index (κ1) is 18.5. The van der Waals surface area contributed by atoms with Gasteiger partial charge in [-0.25, -0.2) is 4.98 Å². The van der Waals surface area contributed by atoms with E-state index in [4.69, 9.17) is 0 Å². The highest BCUT2D eigenvalue weighted by molar-refractivity contribution is 6.34. The average molecular weight is 408 g/mol. The second-order valence-electron chi connectivity index (χ2n) is 7.02. The molecule has 0 radical (unpaired) electrons. The van der Waals surface area contributed by atoms with E-state index in [0.717, 1.165) is 0 Å². The van der Waals surface area contributed by atoms with Crippen LogP contribution in [0.1, 0.15) is 21.7 Å². The molecule has 0 bridgehead atoms. The van der Waals surface area contributed by atoms with E-state index in [2.05, 4.69) is 10.3 Å². The molecule has 4 aromatic rings. The van der Waals surface area contributed by atoms with Crippen LogP contribution in [0.5, 0.6) is 0 Å². The highest BCUT2D eigenvalue weighted by atomic mass is 16.4. The summed E-state index contributed by atoms with van der Waals surface area (Å²) in [6, 6.07) is 19.9. The number of anilines is 1. The topological polar surface area (TPSA) is 104 Å². The normalized spacial score (nSPS) is 13.9. The fourth-order valence-corrected chi connectivity index (χ4v) is 3.68. The van der Waals surface area contributed by atoms with E-state index in [0.29, 0.717) is 33.4 Å². The molecule has 0 saturated carbocycles. The van der Waals surface area contributed by atoms with Gasteiger partial charge in [0.2, 0.25) is 0 Å². The Balaban J connectivity index is 1.82. The molecular formula is C24H14N3O4-. The van der Waals surface area contributed by atoms with Crippen molar-refractivity contribution in [3.63, 3.8) is 0 Å². The quantitative estimate of drug-likeness (QED) is 0.524. The molecule has 1 aromatic heterocycles. The van der Waals surface area contributed by atoms with Crippen molar-refractivity contribution in [1.29, 1.82) is 0 Å². The number of nitrogens with one attached hydrogen (secondary N) is 1. The molecule has 2 heterocycles. The van der Waals surface area contributed by atoms with Crippen molar-refractivity contribution in [3.05, 3.63) is 100 Å². The van der Waals surface area contributed by atoms with E-state index in [1.165, 1.54) is 22.8 Å². The summed E-state index contributed by atoms with van der Waals surface area (Å²) >= 11 is 0. The van der Waals surface area contributed by atoms with Crippen molar-refractivity contribution < 1.29 is 14.7 Å². The summed E-state index contributed by atoms with van der Waals surface area (Å²) in [7, 11) is 0. The van der Waals surface area contributed by atoms with E-state index < -0.39 is 5.97 Å². The molecule has 3 aromatic carbocycles. The summed E-state index contributed by atoms with van der Waals surface area (Å²) in [5.74, 6) is -1.45. The van der Waals surface area contributed by atoms with Gasteiger partial charge in [0.1, 0.15) is 5.82 Å². The Bertz CT molecular complexity index is 1480. The molecule has 0 spiro atoms. The number of carbonyl (C=O) groups is 2.